The number of thiazole rings is 1. The maximum Gasteiger partial charge on any atom is 0.410 e. The number of hydrogen-bond donors (Lipinski definition) is 0. The molecule has 2 aromatic rings. The van der Waals surface area contributed by atoms with Gasteiger partial charge in [-0.05, 0) is 25.0 Å². The van der Waals surface area contributed by atoms with Gasteiger partial charge in [0.15, 0.2) is 6.61 Å². The highest BCUT2D eigenvalue weighted by molar-refractivity contribution is 7.09. The normalized spacial score (nSPS) is 17.3. The smallest absolute Gasteiger partial charge is 0.410 e. The lowest BCUT2D eigenvalue weighted by molar-refractivity contribution is 0.0741. The van der Waals surface area contributed by atoms with Crippen molar-refractivity contribution in [2.24, 2.45) is 0 Å². The molecule has 0 unspecified atom stereocenters. The van der Waals surface area contributed by atoms with E-state index in [4.69, 9.17) is 11.2 Å². The van der Waals surface area contributed by atoms with E-state index in [1.165, 1.54) is 11.3 Å². The Labute approximate surface area is 185 Å². The summed E-state index contributed by atoms with van der Waals surface area (Å²) in [7, 11) is 0. The number of hydrogen-bond acceptors (Lipinski definition) is 7. The van der Waals surface area contributed by atoms with E-state index < -0.39 is 0 Å². The molecule has 0 aromatic carbocycles. The molecule has 0 aliphatic carbocycles. The van der Waals surface area contributed by atoms with E-state index in [0.29, 0.717) is 31.9 Å². The van der Waals surface area contributed by atoms with Crippen LogP contribution in [0, 0.1) is 12.3 Å². The molecule has 0 bridgehead atoms. The number of piperidine rings is 1. The molecule has 162 valence electrons. The van der Waals surface area contributed by atoms with Crippen LogP contribution in [-0.2, 0) is 4.74 Å². The first-order chi connectivity index (χ1) is 15.2. The average molecular weight is 440 g/mol. The third-order valence-corrected chi connectivity index (χ3v) is 6.67. The Bertz CT molecular complexity index is 942. The van der Waals surface area contributed by atoms with E-state index in [-0.39, 0.29) is 24.5 Å². The molecule has 4 heterocycles. The Balaban J connectivity index is 1.29. The molecule has 0 N–H and O–H groups in total. The highest BCUT2D eigenvalue weighted by Crippen LogP contribution is 2.31. The molecule has 2 fully saturated rings. The van der Waals surface area contributed by atoms with Gasteiger partial charge in [-0.3, -0.25) is 4.79 Å². The minimum atomic E-state index is -0.365. The molecule has 2 aliphatic rings. The van der Waals surface area contributed by atoms with Gasteiger partial charge in [-0.15, -0.1) is 17.8 Å². The number of likely N-dealkylation sites (tertiary alicyclic amines) is 1. The number of nitrogens with zero attached hydrogens (tertiary/aromatic N) is 5. The van der Waals surface area contributed by atoms with Crippen LogP contribution in [0.2, 0.25) is 0 Å². The molecule has 0 saturated carbocycles. The summed E-state index contributed by atoms with van der Waals surface area (Å²) in [6, 6.07) is 5.86. The van der Waals surface area contributed by atoms with Crippen molar-refractivity contribution in [3.8, 4) is 12.3 Å². The summed E-state index contributed by atoms with van der Waals surface area (Å²) in [5.74, 6) is 3.49. The molecule has 0 atom stereocenters. The van der Waals surface area contributed by atoms with Crippen molar-refractivity contribution in [3.63, 3.8) is 0 Å². The molecule has 0 spiro atoms. The number of ether oxygens (including phenoxy) is 1. The fourth-order valence-electron chi connectivity index (χ4n) is 3.92. The van der Waals surface area contributed by atoms with Gasteiger partial charge in [0.2, 0.25) is 0 Å². The first-order valence-electron chi connectivity index (χ1n) is 10.4. The molecule has 4 rings (SSSR count). The minimum absolute atomic E-state index is 0.00711. The summed E-state index contributed by atoms with van der Waals surface area (Å²) in [6.45, 7) is 4.02. The summed E-state index contributed by atoms with van der Waals surface area (Å²) >= 11 is 1.53. The van der Waals surface area contributed by atoms with Crippen LogP contribution in [0.15, 0.2) is 29.8 Å². The van der Waals surface area contributed by atoms with Crippen LogP contribution in [0.3, 0.4) is 0 Å². The Hall–Kier alpha value is -3.12. The van der Waals surface area contributed by atoms with E-state index >= 15 is 0 Å². The number of pyridine rings is 1. The molecule has 9 heteroatoms. The quantitative estimate of drug-likeness (QED) is 0.681. The van der Waals surface area contributed by atoms with E-state index in [0.717, 1.165) is 36.8 Å². The zero-order valence-electron chi connectivity index (χ0n) is 17.3. The number of amides is 2. The van der Waals surface area contributed by atoms with Gasteiger partial charge in [-0.1, -0.05) is 12.0 Å². The first kappa shape index (κ1) is 21.1. The topological polar surface area (TPSA) is 78.9 Å². The molecule has 31 heavy (non-hydrogen) atoms. The van der Waals surface area contributed by atoms with Crippen LogP contribution >= 0.6 is 11.3 Å². The van der Waals surface area contributed by atoms with Crippen molar-refractivity contribution in [2.75, 3.05) is 50.8 Å². The third kappa shape index (κ3) is 4.97. The fraction of sp³-hybridized carbons (Fsp3) is 0.455. The van der Waals surface area contributed by atoms with Gasteiger partial charge in [0.25, 0.3) is 5.91 Å². The standard InChI is InChI=1S/C22H25N5O3S/c1-2-15-30-22(29)27-9-6-17(7-10-27)20-24-18(16-31-20)21(28)26-13-11-25(12-14-26)19-5-3-4-8-23-19/h1,3-5,8,16-17H,6-7,9-15H2. The maximum atomic E-state index is 12.9. The lowest BCUT2D eigenvalue weighted by Crippen LogP contribution is -2.49. The summed E-state index contributed by atoms with van der Waals surface area (Å²) in [5.41, 5.74) is 0.516. The van der Waals surface area contributed by atoms with Gasteiger partial charge in [0, 0.05) is 56.8 Å². The molecule has 0 radical (unpaired) electrons. The SMILES string of the molecule is C#CCOC(=O)N1CCC(c2nc(C(=O)N3CCN(c4ccccn4)CC3)cs2)CC1. The third-order valence-electron chi connectivity index (χ3n) is 5.66. The van der Waals surface area contributed by atoms with E-state index in [1.54, 1.807) is 11.1 Å². The van der Waals surface area contributed by atoms with Gasteiger partial charge in [-0.25, -0.2) is 14.8 Å². The Morgan fingerprint density at radius 1 is 1.13 bits per heavy atom. The van der Waals surface area contributed by atoms with Crippen molar-refractivity contribution < 1.29 is 14.3 Å². The lowest BCUT2D eigenvalue weighted by Gasteiger charge is -2.35. The highest BCUT2D eigenvalue weighted by Gasteiger charge is 2.29. The predicted octanol–water partition coefficient (Wildman–Crippen LogP) is 2.45. The number of aromatic nitrogens is 2. The predicted molar refractivity (Wildman–Crippen MR) is 118 cm³/mol. The second kappa shape index (κ2) is 9.79. The summed E-state index contributed by atoms with van der Waals surface area (Å²) in [4.78, 5) is 39.6. The monoisotopic (exact) mass is 439 g/mol. The molecular formula is C22H25N5O3S. The van der Waals surface area contributed by atoms with E-state index in [9.17, 15) is 9.59 Å². The van der Waals surface area contributed by atoms with Crippen LogP contribution in [0.4, 0.5) is 10.6 Å². The molecule has 2 aromatic heterocycles. The van der Waals surface area contributed by atoms with Gasteiger partial charge < -0.3 is 19.4 Å². The van der Waals surface area contributed by atoms with Crippen molar-refractivity contribution in [3.05, 3.63) is 40.5 Å². The van der Waals surface area contributed by atoms with Crippen LogP contribution < -0.4 is 4.90 Å². The van der Waals surface area contributed by atoms with E-state index in [2.05, 4.69) is 20.8 Å². The number of terminal acetylenes is 1. The number of anilines is 1. The summed E-state index contributed by atoms with van der Waals surface area (Å²) in [6.07, 6.45) is 8.15. The zero-order chi connectivity index (χ0) is 21.6. The van der Waals surface area contributed by atoms with Gasteiger partial charge in [0.05, 0.1) is 5.01 Å². The van der Waals surface area contributed by atoms with Gasteiger partial charge in [-0.2, -0.15) is 0 Å². The van der Waals surface area contributed by atoms with Crippen LogP contribution in [0.5, 0.6) is 0 Å². The lowest BCUT2D eigenvalue weighted by atomic mass is 9.98. The number of piperazine rings is 1. The molecule has 2 aliphatic heterocycles. The number of carbonyl (C=O) groups excluding carboxylic acids is 2. The van der Waals surface area contributed by atoms with Crippen molar-refractivity contribution in [1.82, 2.24) is 19.8 Å². The largest absolute Gasteiger partial charge is 0.436 e. The number of carbonyl (C=O) groups is 2. The zero-order valence-corrected chi connectivity index (χ0v) is 18.1. The van der Waals surface area contributed by atoms with Crippen LogP contribution in [0.25, 0.3) is 0 Å². The second-order valence-electron chi connectivity index (χ2n) is 7.56. The minimum Gasteiger partial charge on any atom is -0.436 e. The van der Waals surface area contributed by atoms with Crippen LogP contribution in [-0.4, -0.2) is 77.6 Å². The van der Waals surface area contributed by atoms with Crippen molar-refractivity contribution in [2.45, 2.75) is 18.8 Å². The fourth-order valence-corrected chi connectivity index (χ4v) is 4.88. The Morgan fingerprint density at radius 2 is 1.90 bits per heavy atom. The van der Waals surface area contributed by atoms with Gasteiger partial charge >= 0.3 is 6.09 Å². The highest BCUT2D eigenvalue weighted by atomic mass is 32.1. The summed E-state index contributed by atoms with van der Waals surface area (Å²) in [5, 5.41) is 2.82. The van der Waals surface area contributed by atoms with Gasteiger partial charge in [0.1, 0.15) is 11.5 Å². The molecule has 2 amide bonds. The Morgan fingerprint density at radius 3 is 2.58 bits per heavy atom. The second-order valence-corrected chi connectivity index (χ2v) is 8.45. The summed E-state index contributed by atoms with van der Waals surface area (Å²) < 4.78 is 4.99. The molecule has 2 saturated heterocycles. The first-order valence-corrected chi connectivity index (χ1v) is 11.3. The number of rotatable bonds is 4. The van der Waals surface area contributed by atoms with Crippen molar-refractivity contribution >= 4 is 29.2 Å². The van der Waals surface area contributed by atoms with Crippen LogP contribution in [0.1, 0.15) is 34.3 Å². The van der Waals surface area contributed by atoms with Crippen molar-refractivity contribution in [1.29, 1.82) is 0 Å². The molecular weight excluding hydrogens is 414 g/mol. The maximum absolute atomic E-state index is 12.9. The van der Waals surface area contributed by atoms with E-state index in [1.807, 2.05) is 28.5 Å². The molecule has 8 nitrogen and oxygen atoms in total. The Kier molecular flexibility index (Phi) is 6.67. The average Bonchev–Trinajstić information content (AvgIpc) is 3.33.